The van der Waals surface area contributed by atoms with E-state index < -0.39 is 6.10 Å². The highest BCUT2D eigenvalue weighted by molar-refractivity contribution is 6.10. The first-order valence-electron chi connectivity index (χ1n) is 10.4. The van der Waals surface area contributed by atoms with Crippen molar-refractivity contribution in [3.05, 3.63) is 66.7 Å². The lowest BCUT2D eigenvalue weighted by molar-refractivity contribution is 0.102. The number of aromatic nitrogens is 1. The Labute approximate surface area is 181 Å². The molecule has 4 aromatic rings. The first-order chi connectivity index (χ1) is 15.2. The van der Waals surface area contributed by atoms with Crippen LogP contribution in [0.2, 0.25) is 0 Å². The topological polar surface area (TPSA) is 75.7 Å². The molecule has 0 saturated carbocycles. The number of H-pyrrole nitrogens is 1. The fourth-order valence-corrected chi connectivity index (χ4v) is 3.58. The van der Waals surface area contributed by atoms with Gasteiger partial charge in [-0.1, -0.05) is 36.4 Å². The smallest absolute Gasteiger partial charge is 0.161 e. The monoisotopic (exact) mass is 420 g/mol. The molecule has 0 aliphatic rings. The van der Waals surface area contributed by atoms with Crippen LogP contribution in [0.3, 0.4) is 0 Å². The van der Waals surface area contributed by atoms with Crippen molar-refractivity contribution >= 4 is 21.8 Å². The zero-order valence-corrected chi connectivity index (χ0v) is 17.8. The molecule has 0 bridgehead atoms. The van der Waals surface area contributed by atoms with E-state index in [0.29, 0.717) is 24.7 Å². The van der Waals surface area contributed by atoms with E-state index in [1.165, 1.54) is 0 Å². The van der Waals surface area contributed by atoms with Crippen molar-refractivity contribution in [1.29, 1.82) is 0 Å². The second-order valence-electron chi connectivity index (χ2n) is 7.59. The van der Waals surface area contributed by atoms with Crippen molar-refractivity contribution in [2.45, 2.75) is 19.1 Å². The van der Waals surface area contributed by atoms with Crippen molar-refractivity contribution in [3.63, 3.8) is 0 Å². The van der Waals surface area contributed by atoms with Crippen LogP contribution in [0.5, 0.6) is 17.2 Å². The Kier molecular flexibility index (Phi) is 6.60. The van der Waals surface area contributed by atoms with E-state index in [-0.39, 0.29) is 12.6 Å². The van der Waals surface area contributed by atoms with E-state index in [0.717, 1.165) is 27.6 Å². The number of para-hydroxylation sites is 3. The summed E-state index contributed by atoms with van der Waals surface area (Å²) in [5, 5.41) is 15.8. The van der Waals surface area contributed by atoms with E-state index in [1.807, 2.05) is 67.6 Å². The van der Waals surface area contributed by atoms with Gasteiger partial charge in [0.05, 0.1) is 12.6 Å². The van der Waals surface area contributed by atoms with Crippen LogP contribution >= 0.6 is 0 Å². The number of hydrogen-bond donors (Lipinski definition) is 3. The average molecular weight is 421 g/mol. The highest BCUT2D eigenvalue weighted by Crippen LogP contribution is 2.33. The molecule has 0 aliphatic heterocycles. The lowest BCUT2D eigenvalue weighted by Gasteiger charge is -2.19. The molecule has 0 amide bonds. The van der Waals surface area contributed by atoms with E-state index in [1.54, 1.807) is 7.11 Å². The Balaban J connectivity index is 1.29. The third-order valence-corrected chi connectivity index (χ3v) is 5.18. The summed E-state index contributed by atoms with van der Waals surface area (Å²) in [6.45, 7) is 3.07. The summed E-state index contributed by atoms with van der Waals surface area (Å²) < 4.78 is 17.1. The molecule has 0 radical (unpaired) electrons. The minimum atomic E-state index is -0.644. The standard InChI is InChI=1S/C25H28N2O4/c1-17(15-30-23-12-6-5-11-22(23)29-2)26-14-18(28)16-31-24-13-7-10-21-25(24)19-8-3-4-9-20(19)27-21/h3-13,17-18,26-28H,14-16H2,1-2H3. The Morgan fingerprint density at radius 3 is 2.35 bits per heavy atom. The summed E-state index contributed by atoms with van der Waals surface area (Å²) in [6, 6.07) is 21.7. The number of aliphatic hydroxyl groups is 1. The second kappa shape index (κ2) is 9.73. The molecule has 0 fully saturated rings. The number of rotatable bonds is 10. The lowest BCUT2D eigenvalue weighted by atomic mass is 10.1. The highest BCUT2D eigenvalue weighted by atomic mass is 16.5. The molecule has 3 N–H and O–H groups in total. The number of aliphatic hydroxyl groups excluding tert-OH is 1. The van der Waals surface area contributed by atoms with E-state index >= 15 is 0 Å². The van der Waals surface area contributed by atoms with Crippen molar-refractivity contribution in [2.75, 3.05) is 26.9 Å². The Bertz CT molecular complexity index is 1140. The van der Waals surface area contributed by atoms with Gasteiger partial charge in [0.15, 0.2) is 11.5 Å². The van der Waals surface area contributed by atoms with Crippen LogP contribution in [0.15, 0.2) is 66.7 Å². The van der Waals surface area contributed by atoms with Crippen LogP contribution in [0.1, 0.15) is 6.92 Å². The predicted molar refractivity (Wildman–Crippen MR) is 123 cm³/mol. The van der Waals surface area contributed by atoms with Gasteiger partial charge in [0.1, 0.15) is 25.1 Å². The van der Waals surface area contributed by atoms with E-state index in [4.69, 9.17) is 14.2 Å². The number of aromatic amines is 1. The van der Waals surface area contributed by atoms with Crippen LogP contribution in [-0.4, -0.2) is 49.1 Å². The summed E-state index contributed by atoms with van der Waals surface area (Å²) in [5.74, 6) is 2.17. The van der Waals surface area contributed by atoms with Gasteiger partial charge in [0.25, 0.3) is 0 Å². The summed E-state index contributed by atoms with van der Waals surface area (Å²) in [5.41, 5.74) is 2.09. The molecule has 1 heterocycles. The van der Waals surface area contributed by atoms with Crippen LogP contribution in [0.25, 0.3) is 21.8 Å². The Hall–Kier alpha value is -3.22. The molecule has 0 saturated heterocycles. The van der Waals surface area contributed by atoms with Gasteiger partial charge >= 0.3 is 0 Å². The molecule has 0 aliphatic carbocycles. The van der Waals surface area contributed by atoms with Gasteiger partial charge in [-0.05, 0) is 37.3 Å². The maximum Gasteiger partial charge on any atom is 0.161 e. The Morgan fingerprint density at radius 2 is 1.52 bits per heavy atom. The number of hydrogen-bond acceptors (Lipinski definition) is 5. The minimum Gasteiger partial charge on any atom is -0.493 e. The van der Waals surface area contributed by atoms with Gasteiger partial charge in [-0.15, -0.1) is 0 Å². The van der Waals surface area contributed by atoms with Gasteiger partial charge in [0, 0.05) is 28.9 Å². The normalized spacial score (nSPS) is 13.3. The van der Waals surface area contributed by atoms with Crippen molar-refractivity contribution in [3.8, 4) is 17.2 Å². The van der Waals surface area contributed by atoms with Crippen LogP contribution in [0.4, 0.5) is 0 Å². The summed E-state index contributed by atoms with van der Waals surface area (Å²) in [7, 11) is 1.62. The van der Waals surface area contributed by atoms with Gasteiger partial charge < -0.3 is 29.6 Å². The molecule has 0 spiro atoms. The van der Waals surface area contributed by atoms with Gasteiger partial charge in [-0.2, -0.15) is 0 Å². The summed E-state index contributed by atoms with van der Waals surface area (Å²) in [6.07, 6.45) is -0.644. The molecule has 1 aromatic heterocycles. The fourth-order valence-electron chi connectivity index (χ4n) is 3.58. The maximum atomic E-state index is 10.4. The van der Waals surface area contributed by atoms with Crippen LogP contribution < -0.4 is 19.5 Å². The zero-order valence-electron chi connectivity index (χ0n) is 17.8. The summed E-state index contributed by atoms with van der Waals surface area (Å²) in [4.78, 5) is 3.40. The molecule has 31 heavy (non-hydrogen) atoms. The molecule has 4 rings (SSSR count). The van der Waals surface area contributed by atoms with E-state index in [2.05, 4.69) is 16.4 Å². The maximum absolute atomic E-state index is 10.4. The van der Waals surface area contributed by atoms with Crippen LogP contribution in [0, 0.1) is 0 Å². The number of nitrogens with one attached hydrogen (secondary N) is 2. The number of benzene rings is 3. The summed E-state index contributed by atoms with van der Waals surface area (Å²) >= 11 is 0. The molecule has 2 unspecified atom stereocenters. The largest absolute Gasteiger partial charge is 0.493 e. The molecular weight excluding hydrogens is 392 g/mol. The second-order valence-corrected chi connectivity index (χ2v) is 7.59. The number of fused-ring (bicyclic) bond motifs is 3. The third-order valence-electron chi connectivity index (χ3n) is 5.18. The van der Waals surface area contributed by atoms with Gasteiger partial charge in [0.2, 0.25) is 0 Å². The first-order valence-corrected chi connectivity index (χ1v) is 10.4. The quantitative estimate of drug-likeness (QED) is 0.360. The SMILES string of the molecule is COc1ccccc1OCC(C)NCC(O)COc1cccc2[nH]c3ccccc3c12. The molecule has 6 nitrogen and oxygen atoms in total. The molecule has 162 valence electrons. The van der Waals surface area contributed by atoms with Gasteiger partial charge in [-0.25, -0.2) is 0 Å². The molecule has 6 heteroatoms. The number of methoxy groups -OCH3 is 1. The molecular formula is C25H28N2O4. The van der Waals surface area contributed by atoms with Crippen molar-refractivity contribution < 1.29 is 19.3 Å². The third kappa shape index (κ3) is 4.93. The van der Waals surface area contributed by atoms with E-state index in [9.17, 15) is 5.11 Å². The molecule has 2 atom stereocenters. The van der Waals surface area contributed by atoms with Gasteiger partial charge in [-0.3, -0.25) is 0 Å². The lowest BCUT2D eigenvalue weighted by Crippen LogP contribution is -2.39. The Morgan fingerprint density at radius 1 is 0.839 bits per heavy atom. The highest BCUT2D eigenvalue weighted by Gasteiger charge is 2.13. The molecule has 3 aromatic carbocycles. The zero-order chi connectivity index (χ0) is 21.6. The van der Waals surface area contributed by atoms with Crippen LogP contribution in [-0.2, 0) is 0 Å². The number of ether oxygens (including phenoxy) is 3. The average Bonchev–Trinajstić information content (AvgIpc) is 3.19. The predicted octanol–water partition coefficient (Wildman–Crippen LogP) is 4.13. The van der Waals surface area contributed by atoms with Crippen molar-refractivity contribution in [1.82, 2.24) is 10.3 Å². The minimum absolute atomic E-state index is 0.0524. The fraction of sp³-hybridized carbons (Fsp3) is 0.280. The van der Waals surface area contributed by atoms with Crippen molar-refractivity contribution in [2.24, 2.45) is 0 Å². The first kappa shape index (κ1) is 21.0.